The first-order chi connectivity index (χ1) is 10.3. The van der Waals surface area contributed by atoms with E-state index in [-0.39, 0.29) is 0 Å². The number of methoxy groups -OCH3 is 1. The molecule has 1 fully saturated rings. The summed E-state index contributed by atoms with van der Waals surface area (Å²) in [5.41, 5.74) is 0. The third-order valence-electron chi connectivity index (χ3n) is 4.09. The fraction of sp³-hybridized carbons (Fsp3) is 0.938. The fourth-order valence-electron chi connectivity index (χ4n) is 2.81. The zero-order valence-corrected chi connectivity index (χ0v) is 14.2. The molecular weight excluding hydrogens is 264 g/mol. The third-order valence-corrected chi connectivity index (χ3v) is 4.09. The first-order valence-corrected chi connectivity index (χ1v) is 8.49. The monoisotopic (exact) mass is 298 g/mol. The van der Waals surface area contributed by atoms with Crippen molar-refractivity contribution in [3.05, 3.63) is 0 Å². The summed E-state index contributed by atoms with van der Waals surface area (Å²) in [6, 6.07) is 0.655. The molecule has 1 heterocycles. The first kappa shape index (κ1) is 18.2. The van der Waals surface area contributed by atoms with Crippen molar-refractivity contribution in [3.63, 3.8) is 0 Å². The fourth-order valence-corrected chi connectivity index (χ4v) is 2.81. The average molecular weight is 298 g/mol. The van der Waals surface area contributed by atoms with E-state index in [1.807, 2.05) is 7.05 Å². The van der Waals surface area contributed by atoms with Crippen LogP contribution in [-0.2, 0) is 4.74 Å². The molecular formula is C16H34N4O. The van der Waals surface area contributed by atoms with Crippen LogP contribution in [0.1, 0.15) is 45.4 Å². The lowest BCUT2D eigenvalue weighted by atomic mass is 10.0. The van der Waals surface area contributed by atoms with Crippen LogP contribution in [0.3, 0.4) is 0 Å². The van der Waals surface area contributed by atoms with Gasteiger partial charge in [0.15, 0.2) is 5.96 Å². The van der Waals surface area contributed by atoms with E-state index in [0.29, 0.717) is 6.04 Å². The number of hydrogen-bond donors (Lipinski definition) is 2. The van der Waals surface area contributed by atoms with E-state index < -0.39 is 0 Å². The summed E-state index contributed by atoms with van der Waals surface area (Å²) in [5.74, 6) is 0.909. The van der Waals surface area contributed by atoms with Gasteiger partial charge in [0, 0.05) is 39.9 Å². The Morgan fingerprint density at radius 3 is 2.86 bits per heavy atom. The molecule has 1 saturated heterocycles. The Kier molecular flexibility index (Phi) is 10.3. The van der Waals surface area contributed by atoms with E-state index >= 15 is 0 Å². The lowest BCUT2D eigenvalue weighted by Gasteiger charge is -2.36. The van der Waals surface area contributed by atoms with Crippen LogP contribution in [0.15, 0.2) is 4.99 Å². The number of unbranched alkanes of at least 4 members (excludes halogenated alkanes) is 1. The van der Waals surface area contributed by atoms with Gasteiger partial charge < -0.3 is 15.4 Å². The molecule has 1 aliphatic heterocycles. The lowest BCUT2D eigenvalue weighted by molar-refractivity contribution is 0.147. The first-order valence-electron chi connectivity index (χ1n) is 8.49. The second-order valence-electron chi connectivity index (χ2n) is 5.77. The SMILES string of the molecule is CCCCN1CCCCC1CNC(=NC)NCCCOC. The highest BCUT2D eigenvalue weighted by Crippen LogP contribution is 2.16. The third kappa shape index (κ3) is 7.67. The van der Waals surface area contributed by atoms with Gasteiger partial charge >= 0.3 is 0 Å². The van der Waals surface area contributed by atoms with Crippen molar-refractivity contribution in [1.29, 1.82) is 0 Å². The molecule has 1 unspecified atom stereocenters. The molecule has 0 aromatic heterocycles. The summed E-state index contributed by atoms with van der Waals surface area (Å²) in [7, 11) is 3.57. The maximum absolute atomic E-state index is 5.06. The van der Waals surface area contributed by atoms with Crippen molar-refractivity contribution in [1.82, 2.24) is 15.5 Å². The molecule has 0 saturated carbocycles. The lowest BCUT2D eigenvalue weighted by Crippen LogP contribution is -2.49. The number of likely N-dealkylation sites (tertiary alicyclic amines) is 1. The van der Waals surface area contributed by atoms with Gasteiger partial charge in [-0.15, -0.1) is 0 Å². The van der Waals surface area contributed by atoms with Crippen molar-refractivity contribution in [2.24, 2.45) is 4.99 Å². The van der Waals surface area contributed by atoms with Crippen LogP contribution in [-0.4, -0.2) is 63.8 Å². The Hall–Kier alpha value is -0.810. The number of ether oxygens (including phenoxy) is 1. The van der Waals surface area contributed by atoms with Crippen molar-refractivity contribution in [2.75, 3.05) is 46.9 Å². The molecule has 124 valence electrons. The summed E-state index contributed by atoms with van der Waals surface area (Å²) in [6.45, 7) is 7.45. The van der Waals surface area contributed by atoms with Crippen LogP contribution in [0.25, 0.3) is 0 Å². The maximum Gasteiger partial charge on any atom is 0.191 e. The highest BCUT2D eigenvalue weighted by Gasteiger charge is 2.21. The van der Waals surface area contributed by atoms with Gasteiger partial charge in [0.05, 0.1) is 0 Å². The number of piperidine rings is 1. The van der Waals surface area contributed by atoms with Crippen molar-refractivity contribution in [3.8, 4) is 0 Å². The summed E-state index contributed by atoms with van der Waals surface area (Å²) in [5, 5.41) is 6.82. The molecule has 0 bridgehead atoms. The van der Waals surface area contributed by atoms with Crippen LogP contribution in [0.4, 0.5) is 0 Å². The average Bonchev–Trinajstić information content (AvgIpc) is 2.53. The number of hydrogen-bond acceptors (Lipinski definition) is 3. The number of guanidine groups is 1. The minimum Gasteiger partial charge on any atom is -0.385 e. The molecule has 1 atom stereocenters. The molecule has 0 radical (unpaired) electrons. The standard InChI is InChI=1S/C16H34N4O/c1-4-5-11-20-12-7-6-9-15(20)14-19-16(17-2)18-10-8-13-21-3/h15H,4-14H2,1-3H3,(H2,17,18,19). The van der Waals surface area contributed by atoms with Crippen LogP contribution < -0.4 is 10.6 Å². The van der Waals surface area contributed by atoms with E-state index in [1.54, 1.807) is 7.11 Å². The number of nitrogens with one attached hydrogen (secondary N) is 2. The van der Waals surface area contributed by atoms with Crippen LogP contribution >= 0.6 is 0 Å². The molecule has 0 aliphatic carbocycles. The molecule has 21 heavy (non-hydrogen) atoms. The van der Waals surface area contributed by atoms with Gasteiger partial charge in [-0.3, -0.25) is 9.89 Å². The van der Waals surface area contributed by atoms with E-state index in [4.69, 9.17) is 4.74 Å². The van der Waals surface area contributed by atoms with E-state index in [1.165, 1.54) is 45.2 Å². The number of aliphatic imine (C=N–C) groups is 1. The zero-order chi connectivity index (χ0) is 15.3. The van der Waals surface area contributed by atoms with Gasteiger partial charge in [-0.05, 0) is 38.8 Å². The second kappa shape index (κ2) is 11.8. The Morgan fingerprint density at radius 1 is 1.29 bits per heavy atom. The molecule has 5 nitrogen and oxygen atoms in total. The molecule has 2 N–H and O–H groups in total. The largest absolute Gasteiger partial charge is 0.385 e. The minimum absolute atomic E-state index is 0.655. The minimum atomic E-state index is 0.655. The molecule has 0 amide bonds. The Balaban J connectivity index is 2.28. The maximum atomic E-state index is 5.06. The molecule has 1 aliphatic rings. The smallest absolute Gasteiger partial charge is 0.191 e. The highest BCUT2D eigenvalue weighted by molar-refractivity contribution is 5.79. The predicted octanol–water partition coefficient (Wildman–Crippen LogP) is 1.84. The number of rotatable bonds is 9. The van der Waals surface area contributed by atoms with Crippen molar-refractivity contribution in [2.45, 2.75) is 51.5 Å². The van der Waals surface area contributed by atoms with Gasteiger partial charge in [-0.1, -0.05) is 19.8 Å². The molecule has 5 heteroatoms. The van der Waals surface area contributed by atoms with E-state index in [2.05, 4.69) is 27.4 Å². The summed E-state index contributed by atoms with van der Waals surface area (Å²) in [6.07, 6.45) is 7.60. The quantitative estimate of drug-likeness (QED) is 0.387. The summed E-state index contributed by atoms with van der Waals surface area (Å²) < 4.78 is 5.06. The van der Waals surface area contributed by atoms with Gasteiger partial charge in [0.1, 0.15) is 0 Å². The van der Waals surface area contributed by atoms with Gasteiger partial charge in [-0.25, -0.2) is 0 Å². The zero-order valence-electron chi connectivity index (χ0n) is 14.2. The van der Waals surface area contributed by atoms with Gasteiger partial charge in [-0.2, -0.15) is 0 Å². The van der Waals surface area contributed by atoms with Crippen LogP contribution in [0.5, 0.6) is 0 Å². The number of nitrogens with zero attached hydrogens (tertiary/aromatic N) is 2. The van der Waals surface area contributed by atoms with Crippen LogP contribution in [0.2, 0.25) is 0 Å². The molecule has 1 rings (SSSR count). The Bertz CT molecular complexity index is 283. The Labute approximate surface area is 130 Å². The molecule has 0 aromatic carbocycles. The normalized spacial score (nSPS) is 20.5. The van der Waals surface area contributed by atoms with Crippen molar-refractivity contribution < 1.29 is 4.74 Å². The van der Waals surface area contributed by atoms with Crippen molar-refractivity contribution >= 4 is 5.96 Å². The second-order valence-corrected chi connectivity index (χ2v) is 5.77. The topological polar surface area (TPSA) is 48.9 Å². The molecule has 0 spiro atoms. The Morgan fingerprint density at radius 2 is 2.14 bits per heavy atom. The predicted molar refractivity (Wildman–Crippen MR) is 90.0 cm³/mol. The van der Waals surface area contributed by atoms with E-state index in [0.717, 1.165) is 32.1 Å². The summed E-state index contributed by atoms with van der Waals surface area (Å²) in [4.78, 5) is 6.94. The highest BCUT2D eigenvalue weighted by atomic mass is 16.5. The molecule has 0 aromatic rings. The van der Waals surface area contributed by atoms with Crippen LogP contribution in [0, 0.1) is 0 Å². The summed E-state index contributed by atoms with van der Waals surface area (Å²) >= 11 is 0. The van der Waals surface area contributed by atoms with E-state index in [9.17, 15) is 0 Å². The van der Waals surface area contributed by atoms with Gasteiger partial charge in [0.2, 0.25) is 0 Å². The van der Waals surface area contributed by atoms with Gasteiger partial charge in [0.25, 0.3) is 0 Å².